The summed E-state index contributed by atoms with van der Waals surface area (Å²) in [4.78, 5) is 30.4. The predicted octanol–water partition coefficient (Wildman–Crippen LogP) is 3.21. The summed E-state index contributed by atoms with van der Waals surface area (Å²) in [7, 11) is 0. The van der Waals surface area contributed by atoms with Crippen molar-refractivity contribution in [3.05, 3.63) is 59.3 Å². The van der Waals surface area contributed by atoms with Gasteiger partial charge in [0.25, 0.3) is 0 Å². The summed E-state index contributed by atoms with van der Waals surface area (Å²) in [6.07, 6.45) is 3.47. The molecule has 0 saturated heterocycles. The number of benzene rings is 1. The van der Waals surface area contributed by atoms with Gasteiger partial charge in [-0.25, -0.2) is 4.39 Å². The van der Waals surface area contributed by atoms with Crippen molar-refractivity contribution in [2.75, 3.05) is 6.54 Å². The van der Waals surface area contributed by atoms with Gasteiger partial charge in [0.2, 0.25) is 5.91 Å². The summed E-state index contributed by atoms with van der Waals surface area (Å²) < 4.78 is 15.5. The number of carbonyl (C=O) groups is 2. The van der Waals surface area contributed by atoms with Gasteiger partial charge in [0.1, 0.15) is 11.9 Å². The third-order valence-electron chi connectivity index (χ3n) is 5.58. The van der Waals surface area contributed by atoms with E-state index in [1.165, 1.54) is 12.1 Å². The van der Waals surface area contributed by atoms with Crippen LogP contribution >= 0.6 is 0 Å². The van der Waals surface area contributed by atoms with Crippen molar-refractivity contribution in [1.82, 2.24) is 14.5 Å². The molecule has 1 amide bonds. The molecule has 6 heteroatoms. The highest BCUT2D eigenvalue weighted by atomic mass is 19.1. The molecule has 5 nitrogen and oxygen atoms in total. The molecule has 0 radical (unpaired) electrons. The number of nitrogens with one attached hydrogen (secondary N) is 1. The molecule has 3 aromatic rings. The van der Waals surface area contributed by atoms with E-state index in [9.17, 15) is 14.0 Å². The Hall–Kier alpha value is -2.89. The molecule has 0 saturated carbocycles. The van der Waals surface area contributed by atoms with Crippen molar-refractivity contribution < 1.29 is 14.0 Å². The molecule has 1 aromatic carbocycles. The molecule has 4 heterocycles. The molecule has 0 bridgehead atoms. The molecule has 0 spiro atoms. The Balaban J connectivity index is 1.47. The molecule has 132 valence electrons. The first-order valence-corrected chi connectivity index (χ1v) is 8.89. The molecule has 2 aliphatic rings. The second-order valence-electron chi connectivity index (χ2n) is 7.06. The third kappa shape index (κ3) is 2.21. The van der Waals surface area contributed by atoms with E-state index in [4.69, 9.17) is 0 Å². The number of nitrogens with zero attached hydrogens (tertiary/aromatic N) is 2. The fourth-order valence-corrected chi connectivity index (χ4v) is 4.26. The summed E-state index contributed by atoms with van der Waals surface area (Å²) in [6, 6.07) is 7.98. The van der Waals surface area contributed by atoms with E-state index in [0.29, 0.717) is 31.6 Å². The minimum absolute atomic E-state index is 0.0337. The maximum absolute atomic E-state index is 13.7. The lowest BCUT2D eigenvalue weighted by Gasteiger charge is -2.33. The van der Waals surface area contributed by atoms with Gasteiger partial charge >= 0.3 is 0 Å². The summed E-state index contributed by atoms with van der Waals surface area (Å²) in [6.45, 7) is 1.10. The van der Waals surface area contributed by atoms with Crippen LogP contribution in [0.5, 0.6) is 0 Å². The molecular weight excluding hydrogens is 333 g/mol. The molecule has 2 aromatic heterocycles. The molecule has 1 unspecified atom stereocenters. The van der Waals surface area contributed by atoms with E-state index in [0.717, 1.165) is 28.6 Å². The lowest BCUT2D eigenvalue weighted by Crippen LogP contribution is -2.42. The van der Waals surface area contributed by atoms with E-state index in [1.807, 2.05) is 17.2 Å². The molecule has 0 aliphatic carbocycles. The largest absolute Gasteiger partial charge is 0.358 e. The van der Waals surface area contributed by atoms with Crippen LogP contribution in [0.1, 0.15) is 40.6 Å². The van der Waals surface area contributed by atoms with E-state index in [1.54, 1.807) is 16.7 Å². The van der Waals surface area contributed by atoms with Gasteiger partial charge in [0, 0.05) is 54.3 Å². The number of Topliss-reactive ketones (excluding diaryl/α,β-unsaturated/α-hetero) is 1. The average Bonchev–Trinajstić information content (AvgIpc) is 3.26. The Morgan fingerprint density at radius 2 is 2.12 bits per heavy atom. The minimum atomic E-state index is -0.332. The molecule has 0 fully saturated rings. The fraction of sp³-hybridized carbons (Fsp3) is 0.300. The molecule has 1 N–H and O–H groups in total. The number of hydrogen-bond acceptors (Lipinski definition) is 2. The molecular formula is C20H18FN3O2. The minimum Gasteiger partial charge on any atom is -0.358 e. The zero-order chi connectivity index (χ0) is 17.8. The van der Waals surface area contributed by atoms with E-state index in [2.05, 4.69) is 4.98 Å². The lowest BCUT2D eigenvalue weighted by molar-refractivity contribution is -0.136. The molecule has 5 rings (SSSR count). The van der Waals surface area contributed by atoms with Crippen molar-refractivity contribution in [1.29, 1.82) is 0 Å². The number of fused-ring (bicyclic) bond motifs is 4. The standard InChI is InChI=1S/C20H18FN3O2/c21-12-3-4-15-13(10-12)14-11-23(9-7-16(14)22-15)20(26)18-5-6-19(25)17-2-1-8-24(17)18/h1-4,8,10,18,22H,5-7,9,11H2. The monoisotopic (exact) mass is 351 g/mol. The Bertz CT molecular complexity index is 1050. The van der Waals surface area contributed by atoms with Gasteiger partial charge < -0.3 is 14.5 Å². The van der Waals surface area contributed by atoms with Crippen molar-refractivity contribution in [2.24, 2.45) is 0 Å². The fourth-order valence-electron chi connectivity index (χ4n) is 4.26. The summed E-state index contributed by atoms with van der Waals surface area (Å²) in [5.74, 6) is -0.149. The predicted molar refractivity (Wildman–Crippen MR) is 94.4 cm³/mol. The number of ketones is 1. The first-order valence-electron chi connectivity index (χ1n) is 8.89. The van der Waals surface area contributed by atoms with Gasteiger partial charge in [-0.15, -0.1) is 0 Å². The van der Waals surface area contributed by atoms with Crippen LogP contribution in [-0.4, -0.2) is 32.7 Å². The number of hydrogen-bond donors (Lipinski definition) is 1. The van der Waals surface area contributed by atoms with Crippen molar-refractivity contribution in [3.63, 3.8) is 0 Å². The average molecular weight is 351 g/mol. The highest BCUT2D eigenvalue weighted by Crippen LogP contribution is 2.32. The molecule has 26 heavy (non-hydrogen) atoms. The Morgan fingerprint density at radius 3 is 3.00 bits per heavy atom. The molecule has 2 aliphatic heterocycles. The number of rotatable bonds is 1. The van der Waals surface area contributed by atoms with E-state index >= 15 is 0 Å². The highest BCUT2D eigenvalue weighted by molar-refractivity contribution is 5.97. The first-order chi connectivity index (χ1) is 12.6. The number of carbonyl (C=O) groups excluding carboxylic acids is 2. The van der Waals surface area contributed by atoms with E-state index < -0.39 is 0 Å². The number of H-pyrrole nitrogens is 1. The summed E-state index contributed by atoms with van der Waals surface area (Å²) in [5.41, 5.74) is 3.59. The summed E-state index contributed by atoms with van der Waals surface area (Å²) >= 11 is 0. The number of amides is 1. The van der Waals surface area contributed by atoms with Crippen LogP contribution in [0.2, 0.25) is 0 Å². The Morgan fingerprint density at radius 1 is 1.23 bits per heavy atom. The number of halogens is 1. The van der Waals surface area contributed by atoms with Crippen molar-refractivity contribution in [3.8, 4) is 0 Å². The smallest absolute Gasteiger partial charge is 0.245 e. The summed E-state index contributed by atoms with van der Waals surface area (Å²) in [5, 5.41) is 0.845. The van der Waals surface area contributed by atoms with Gasteiger partial charge in [-0.05, 0) is 36.8 Å². The zero-order valence-corrected chi connectivity index (χ0v) is 14.2. The van der Waals surface area contributed by atoms with Gasteiger partial charge in [-0.1, -0.05) is 0 Å². The quantitative estimate of drug-likeness (QED) is 0.732. The Kier molecular flexibility index (Phi) is 3.29. The van der Waals surface area contributed by atoms with Crippen LogP contribution in [-0.2, 0) is 17.8 Å². The van der Waals surface area contributed by atoms with Gasteiger partial charge in [-0.3, -0.25) is 9.59 Å². The van der Waals surface area contributed by atoms with Gasteiger partial charge in [-0.2, -0.15) is 0 Å². The second kappa shape index (κ2) is 5.56. The Labute approximate surface area is 149 Å². The highest BCUT2D eigenvalue weighted by Gasteiger charge is 2.34. The molecule has 1 atom stereocenters. The normalized spacial score (nSPS) is 19.5. The number of aromatic amines is 1. The van der Waals surface area contributed by atoms with Crippen LogP contribution in [0.25, 0.3) is 10.9 Å². The van der Waals surface area contributed by atoms with E-state index in [-0.39, 0.29) is 23.5 Å². The lowest BCUT2D eigenvalue weighted by atomic mass is 9.98. The van der Waals surface area contributed by atoms with Crippen LogP contribution in [0.3, 0.4) is 0 Å². The first kappa shape index (κ1) is 15.4. The van der Waals surface area contributed by atoms with Crippen LogP contribution in [0.4, 0.5) is 4.39 Å². The van der Waals surface area contributed by atoms with Gasteiger partial charge in [0.15, 0.2) is 5.78 Å². The second-order valence-corrected chi connectivity index (χ2v) is 7.06. The SMILES string of the molecule is O=C1CCC(C(=O)N2CCc3[nH]c4ccc(F)cc4c3C2)n2cccc21. The van der Waals surface area contributed by atoms with Gasteiger partial charge in [0.05, 0.1) is 5.69 Å². The maximum atomic E-state index is 13.7. The van der Waals surface area contributed by atoms with Crippen LogP contribution in [0.15, 0.2) is 36.5 Å². The number of aromatic nitrogens is 2. The zero-order valence-electron chi connectivity index (χ0n) is 14.2. The topological polar surface area (TPSA) is 58.1 Å². The van der Waals surface area contributed by atoms with Crippen molar-refractivity contribution >= 4 is 22.6 Å². The maximum Gasteiger partial charge on any atom is 0.245 e. The van der Waals surface area contributed by atoms with Crippen LogP contribution < -0.4 is 0 Å². The van der Waals surface area contributed by atoms with Crippen LogP contribution in [0, 0.1) is 5.82 Å². The van der Waals surface area contributed by atoms with Crippen molar-refractivity contribution in [2.45, 2.75) is 31.8 Å². The third-order valence-corrected chi connectivity index (χ3v) is 5.58.